The van der Waals surface area contributed by atoms with E-state index in [2.05, 4.69) is 11.9 Å². The van der Waals surface area contributed by atoms with Gasteiger partial charge >= 0.3 is 0 Å². The van der Waals surface area contributed by atoms with Gasteiger partial charge in [-0.25, -0.2) is 4.98 Å². The smallest absolute Gasteiger partial charge is 0.233 e. The van der Waals surface area contributed by atoms with Crippen LogP contribution in [0.5, 0.6) is 0 Å². The zero-order valence-electron chi connectivity index (χ0n) is 12.5. The van der Waals surface area contributed by atoms with Crippen LogP contribution in [-0.2, 0) is 4.79 Å². The first-order valence-corrected chi connectivity index (χ1v) is 9.80. The SMILES string of the molecule is CCCN(CC1CC1)C(=O)CSc1nc2cc(Cl)ccc2s1. The van der Waals surface area contributed by atoms with Crippen molar-refractivity contribution in [2.75, 3.05) is 18.8 Å². The molecule has 1 saturated carbocycles. The topological polar surface area (TPSA) is 33.2 Å². The van der Waals surface area contributed by atoms with Crippen molar-refractivity contribution >= 4 is 50.8 Å². The molecule has 0 saturated heterocycles. The molecule has 1 aliphatic carbocycles. The second-order valence-corrected chi connectivity index (χ2v) is 8.35. The molecular weight excluding hydrogens is 336 g/mol. The van der Waals surface area contributed by atoms with E-state index >= 15 is 0 Å². The number of hydrogen-bond donors (Lipinski definition) is 0. The molecule has 22 heavy (non-hydrogen) atoms. The van der Waals surface area contributed by atoms with Gasteiger partial charge in [0.1, 0.15) is 0 Å². The highest BCUT2D eigenvalue weighted by Crippen LogP contribution is 2.32. The number of halogens is 1. The van der Waals surface area contributed by atoms with E-state index in [9.17, 15) is 4.79 Å². The predicted molar refractivity (Wildman–Crippen MR) is 94.9 cm³/mol. The Hall–Kier alpha value is -0.780. The zero-order chi connectivity index (χ0) is 15.5. The summed E-state index contributed by atoms with van der Waals surface area (Å²) in [6, 6.07) is 5.73. The fraction of sp³-hybridized carbons (Fsp3) is 0.500. The first kappa shape index (κ1) is 16.1. The molecule has 3 nitrogen and oxygen atoms in total. The second kappa shape index (κ2) is 7.20. The molecule has 1 heterocycles. The number of thiazole rings is 1. The van der Waals surface area contributed by atoms with Gasteiger partial charge in [-0.3, -0.25) is 4.79 Å². The lowest BCUT2D eigenvalue weighted by atomic mass is 10.3. The van der Waals surface area contributed by atoms with Crippen molar-refractivity contribution in [2.24, 2.45) is 5.92 Å². The third kappa shape index (κ3) is 4.15. The lowest BCUT2D eigenvalue weighted by Gasteiger charge is -2.21. The number of nitrogens with zero attached hydrogens (tertiary/aromatic N) is 2. The molecule has 0 radical (unpaired) electrons. The van der Waals surface area contributed by atoms with Crippen LogP contribution < -0.4 is 0 Å². The van der Waals surface area contributed by atoms with Crippen molar-refractivity contribution in [1.82, 2.24) is 9.88 Å². The molecule has 2 aromatic rings. The largest absolute Gasteiger partial charge is 0.342 e. The molecule has 0 spiro atoms. The van der Waals surface area contributed by atoms with Gasteiger partial charge in [0.25, 0.3) is 0 Å². The van der Waals surface area contributed by atoms with Gasteiger partial charge in [0.15, 0.2) is 4.34 Å². The van der Waals surface area contributed by atoms with Gasteiger partial charge in [-0.2, -0.15) is 0 Å². The summed E-state index contributed by atoms with van der Waals surface area (Å²) in [7, 11) is 0. The van der Waals surface area contributed by atoms with Gasteiger partial charge in [-0.1, -0.05) is 30.3 Å². The summed E-state index contributed by atoms with van der Waals surface area (Å²) in [5, 5.41) is 0.698. The third-order valence-corrected chi connectivity index (χ3v) is 6.07. The Morgan fingerprint density at radius 1 is 1.50 bits per heavy atom. The van der Waals surface area contributed by atoms with E-state index in [-0.39, 0.29) is 5.91 Å². The van der Waals surface area contributed by atoms with Crippen molar-refractivity contribution in [1.29, 1.82) is 0 Å². The summed E-state index contributed by atoms with van der Waals surface area (Å²) in [6.07, 6.45) is 3.57. The van der Waals surface area contributed by atoms with Crippen molar-refractivity contribution < 1.29 is 4.79 Å². The van der Waals surface area contributed by atoms with E-state index in [4.69, 9.17) is 11.6 Å². The highest BCUT2D eigenvalue weighted by Gasteiger charge is 2.26. The average Bonchev–Trinajstić information content (AvgIpc) is 3.22. The van der Waals surface area contributed by atoms with Crippen molar-refractivity contribution in [3.05, 3.63) is 23.2 Å². The maximum absolute atomic E-state index is 12.4. The number of aromatic nitrogens is 1. The molecule has 0 N–H and O–H groups in total. The predicted octanol–water partition coefficient (Wildman–Crippen LogP) is 4.69. The van der Waals surface area contributed by atoms with E-state index < -0.39 is 0 Å². The Bertz CT molecular complexity index is 669. The first-order chi connectivity index (χ1) is 10.7. The van der Waals surface area contributed by atoms with E-state index in [1.54, 1.807) is 11.3 Å². The minimum Gasteiger partial charge on any atom is -0.342 e. The molecule has 0 aliphatic heterocycles. The normalized spacial score (nSPS) is 14.5. The zero-order valence-corrected chi connectivity index (χ0v) is 14.9. The van der Waals surface area contributed by atoms with Crippen molar-refractivity contribution in [3.8, 4) is 0 Å². The summed E-state index contributed by atoms with van der Waals surface area (Å²) in [5.41, 5.74) is 0.913. The fourth-order valence-electron chi connectivity index (χ4n) is 2.36. The Labute approximate surface area is 144 Å². The van der Waals surface area contributed by atoms with Crippen LogP contribution in [0, 0.1) is 5.92 Å². The summed E-state index contributed by atoms with van der Waals surface area (Å²) in [4.78, 5) is 19.0. The number of carbonyl (C=O) groups excluding carboxylic acids is 1. The van der Waals surface area contributed by atoms with Crippen LogP contribution >= 0.6 is 34.7 Å². The second-order valence-electron chi connectivity index (χ2n) is 5.66. The number of benzene rings is 1. The fourth-order valence-corrected chi connectivity index (χ4v) is 4.47. The van der Waals surface area contributed by atoms with E-state index in [1.165, 1.54) is 24.6 Å². The molecule has 0 atom stereocenters. The summed E-state index contributed by atoms with van der Waals surface area (Å²) in [6.45, 7) is 3.92. The number of carbonyl (C=O) groups is 1. The highest BCUT2D eigenvalue weighted by molar-refractivity contribution is 8.01. The van der Waals surface area contributed by atoms with Crippen molar-refractivity contribution in [2.45, 2.75) is 30.5 Å². The number of hydrogen-bond acceptors (Lipinski definition) is 4. The minimum atomic E-state index is 0.232. The maximum atomic E-state index is 12.4. The molecule has 1 aromatic heterocycles. The third-order valence-electron chi connectivity index (χ3n) is 3.67. The molecule has 1 aliphatic rings. The molecule has 0 unspecified atom stereocenters. The molecule has 1 aromatic carbocycles. The summed E-state index contributed by atoms with van der Waals surface area (Å²) in [5.74, 6) is 1.45. The molecule has 6 heteroatoms. The average molecular weight is 355 g/mol. The van der Waals surface area contributed by atoms with Gasteiger partial charge < -0.3 is 4.90 Å². The van der Waals surface area contributed by atoms with Crippen LogP contribution in [0.4, 0.5) is 0 Å². The number of fused-ring (bicyclic) bond motifs is 1. The summed E-state index contributed by atoms with van der Waals surface area (Å²) < 4.78 is 2.05. The molecule has 1 amide bonds. The Balaban J connectivity index is 1.60. The van der Waals surface area contributed by atoms with E-state index in [1.807, 2.05) is 23.1 Å². The Morgan fingerprint density at radius 2 is 2.32 bits per heavy atom. The molecule has 1 fully saturated rings. The standard InChI is InChI=1S/C16H19ClN2OS2/c1-2-7-19(9-11-3-4-11)15(20)10-21-16-18-13-8-12(17)5-6-14(13)22-16/h5-6,8,11H,2-4,7,9-10H2,1H3. The van der Waals surface area contributed by atoms with Crippen LogP contribution in [-0.4, -0.2) is 34.6 Å². The van der Waals surface area contributed by atoms with Gasteiger partial charge in [-0.15, -0.1) is 11.3 Å². The molecule has 0 bridgehead atoms. The van der Waals surface area contributed by atoms with E-state index in [0.717, 1.165) is 40.0 Å². The van der Waals surface area contributed by atoms with E-state index in [0.29, 0.717) is 10.8 Å². The van der Waals surface area contributed by atoms with Crippen LogP contribution in [0.2, 0.25) is 5.02 Å². The number of rotatable bonds is 7. The maximum Gasteiger partial charge on any atom is 0.233 e. The highest BCUT2D eigenvalue weighted by atomic mass is 35.5. The Morgan fingerprint density at radius 3 is 3.05 bits per heavy atom. The summed E-state index contributed by atoms with van der Waals surface area (Å²) >= 11 is 9.14. The lowest BCUT2D eigenvalue weighted by Crippen LogP contribution is -2.34. The number of thioether (sulfide) groups is 1. The van der Waals surface area contributed by atoms with Gasteiger partial charge in [0.05, 0.1) is 16.0 Å². The first-order valence-electron chi connectivity index (χ1n) is 7.62. The molecule has 3 rings (SSSR count). The Kier molecular flexibility index (Phi) is 5.26. The number of amides is 1. The molecule has 118 valence electrons. The quantitative estimate of drug-likeness (QED) is 0.676. The lowest BCUT2D eigenvalue weighted by molar-refractivity contribution is -0.128. The van der Waals surface area contributed by atoms with Crippen LogP contribution in [0.25, 0.3) is 10.2 Å². The van der Waals surface area contributed by atoms with Gasteiger partial charge in [0.2, 0.25) is 5.91 Å². The van der Waals surface area contributed by atoms with Crippen molar-refractivity contribution in [3.63, 3.8) is 0 Å². The van der Waals surface area contributed by atoms with Gasteiger partial charge in [0, 0.05) is 18.1 Å². The van der Waals surface area contributed by atoms with Crippen LogP contribution in [0.15, 0.2) is 22.5 Å². The minimum absolute atomic E-state index is 0.232. The van der Waals surface area contributed by atoms with Gasteiger partial charge in [-0.05, 0) is 43.4 Å². The van der Waals surface area contributed by atoms with Crippen LogP contribution in [0.3, 0.4) is 0 Å². The molecular formula is C16H19ClN2OS2. The van der Waals surface area contributed by atoms with Crippen LogP contribution in [0.1, 0.15) is 26.2 Å². The monoisotopic (exact) mass is 354 g/mol.